The molecule has 0 aliphatic carbocycles. The van der Waals surface area contributed by atoms with E-state index in [-0.39, 0.29) is 29.1 Å². The van der Waals surface area contributed by atoms with Crippen molar-refractivity contribution >= 4 is 38.3 Å². The summed E-state index contributed by atoms with van der Waals surface area (Å²) in [5.74, 6) is 0.192. The van der Waals surface area contributed by atoms with Gasteiger partial charge in [0.15, 0.2) is 15.6 Å². The van der Waals surface area contributed by atoms with Crippen molar-refractivity contribution in [3.63, 3.8) is 0 Å². The molecule has 1 aliphatic rings. The van der Waals surface area contributed by atoms with Gasteiger partial charge in [0.1, 0.15) is 5.58 Å². The molecule has 0 spiro atoms. The van der Waals surface area contributed by atoms with Crippen molar-refractivity contribution in [2.24, 2.45) is 5.92 Å². The Kier molecular flexibility index (Phi) is 3.67. The number of sulfone groups is 1. The van der Waals surface area contributed by atoms with Crippen LogP contribution in [0.4, 0.5) is 0 Å². The van der Waals surface area contributed by atoms with Gasteiger partial charge in [0.25, 0.3) is 5.91 Å². The first-order valence-corrected chi connectivity index (χ1v) is 8.81. The van der Waals surface area contributed by atoms with Gasteiger partial charge in [0.05, 0.1) is 11.5 Å². The Labute approximate surface area is 127 Å². The topological polar surface area (TPSA) is 76.4 Å². The van der Waals surface area contributed by atoms with E-state index in [9.17, 15) is 13.2 Å². The van der Waals surface area contributed by atoms with Gasteiger partial charge in [-0.2, -0.15) is 0 Å². The molecular formula is C14H14ClNO4S. The van der Waals surface area contributed by atoms with E-state index in [1.807, 2.05) is 0 Å². The fraction of sp³-hybridized carbons (Fsp3) is 0.357. The number of amides is 1. The van der Waals surface area contributed by atoms with Gasteiger partial charge in [-0.15, -0.1) is 0 Å². The molecule has 7 heteroatoms. The minimum atomic E-state index is -2.92. The number of carbonyl (C=O) groups excluding carboxylic acids is 1. The molecule has 2 heterocycles. The van der Waals surface area contributed by atoms with Crippen LogP contribution in [0.3, 0.4) is 0 Å². The predicted molar refractivity (Wildman–Crippen MR) is 80.3 cm³/mol. The lowest BCUT2D eigenvalue weighted by atomic mass is 10.1. The van der Waals surface area contributed by atoms with Gasteiger partial charge in [0.2, 0.25) is 0 Å². The molecule has 1 aromatic heterocycles. The SMILES string of the molecule is O=C(NC[C@H]1CCS(=O)(=O)C1)c1cc2cc(Cl)ccc2o1. The van der Waals surface area contributed by atoms with Crippen LogP contribution in [0.25, 0.3) is 11.0 Å². The van der Waals surface area contributed by atoms with E-state index in [0.717, 1.165) is 5.39 Å². The predicted octanol–water partition coefficient (Wildman–Crippen LogP) is 2.25. The summed E-state index contributed by atoms with van der Waals surface area (Å²) in [6, 6.07) is 6.75. The van der Waals surface area contributed by atoms with Crippen LogP contribution in [0.2, 0.25) is 5.02 Å². The van der Waals surface area contributed by atoms with E-state index >= 15 is 0 Å². The molecule has 0 radical (unpaired) electrons. The van der Waals surface area contributed by atoms with Crippen LogP contribution in [0.5, 0.6) is 0 Å². The molecule has 3 rings (SSSR count). The van der Waals surface area contributed by atoms with Crippen LogP contribution in [-0.2, 0) is 9.84 Å². The van der Waals surface area contributed by atoms with Gasteiger partial charge in [0, 0.05) is 17.0 Å². The number of nitrogens with one attached hydrogen (secondary N) is 1. The maximum atomic E-state index is 12.0. The van der Waals surface area contributed by atoms with Gasteiger partial charge in [-0.25, -0.2) is 8.42 Å². The average molecular weight is 328 g/mol. The second kappa shape index (κ2) is 5.35. The third-order valence-corrected chi connectivity index (χ3v) is 5.65. The standard InChI is InChI=1S/C14H14ClNO4S/c15-11-1-2-12-10(5-11)6-13(20-12)14(17)16-7-9-3-4-21(18,19)8-9/h1-2,5-6,9H,3-4,7-8H2,(H,16,17)/t9-/m1/s1. The van der Waals surface area contributed by atoms with Gasteiger partial charge < -0.3 is 9.73 Å². The normalized spacial score (nSPS) is 20.7. The number of halogens is 1. The molecule has 1 aromatic carbocycles. The van der Waals surface area contributed by atoms with Gasteiger partial charge in [-0.05, 0) is 36.6 Å². The van der Waals surface area contributed by atoms with Crippen LogP contribution in [0.15, 0.2) is 28.7 Å². The lowest BCUT2D eigenvalue weighted by Gasteiger charge is -2.07. The van der Waals surface area contributed by atoms with Crippen molar-refractivity contribution < 1.29 is 17.6 Å². The van der Waals surface area contributed by atoms with E-state index in [2.05, 4.69) is 5.32 Å². The minimum absolute atomic E-state index is 0.0160. The molecule has 1 amide bonds. The molecule has 0 bridgehead atoms. The van der Waals surface area contributed by atoms with E-state index in [0.29, 0.717) is 23.6 Å². The van der Waals surface area contributed by atoms with E-state index in [4.69, 9.17) is 16.0 Å². The van der Waals surface area contributed by atoms with Crippen molar-refractivity contribution in [3.05, 3.63) is 35.0 Å². The molecule has 0 unspecified atom stereocenters. The second-order valence-electron chi connectivity index (χ2n) is 5.27. The number of rotatable bonds is 3. The number of fused-ring (bicyclic) bond motifs is 1. The zero-order valence-corrected chi connectivity index (χ0v) is 12.7. The highest BCUT2D eigenvalue weighted by Crippen LogP contribution is 2.23. The number of hydrogen-bond donors (Lipinski definition) is 1. The van der Waals surface area contributed by atoms with Crippen LogP contribution < -0.4 is 5.32 Å². The molecule has 1 atom stereocenters. The first-order valence-electron chi connectivity index (χ1n) is 6.61. The summed E-state index contributed by atoms with van der Waals surface area (Å²) < 4.78 is 28.2. The Morgan fingerprint density at radius 3 is 2.90 bits per heavy atom. The smallest absolute Gasteiger partial charge is 0.287 e. The quantitative estimate of drug-likeness (QED) is 0.938. The summed E-state index contributed by atoms with van der Waals surface area (Å²) in [6.07, 6.45) is 0.596. The van der Waals surface area contributed by atoms with E-state index in [1.165, 1.54) is 0 Å². The van der Waals surface area contributed by atoms with Crippen LogP contribution in [-0.4, -0.2) is 32.4 Å². The molecule has 1 N–H and O–H groups in total. The number of carbonyl (C=O) groups is 1. The molecule has 21 heavy (non-hydrogen) atoms. The van der Waals surface area contributed by atoms with Crippen molar-refractivity contribution in [1.82, 2.24) is 5.32 Å². The molecule has 112 valence electrons. The number of hydrogen-bond acceptors (Lipinski definition) is 4. The third-order valence-electron chi connectivity index (χ3n) is 3.58. The summed E-state index contributed by atoms with van der Waals surface area (Å²) in [7, 11) is -2.92. The molecule has 5 nitrogen and oxygen atoms in total. The molecule has 1 saturated heterocycles. The Morgan fingerprint density at radius 2 is 2.19 bits per heavy atom. The summed E-state index contributed by atoms with van der Waals surface area (Å²) in [6.45, 7) is 0.343. The average Bonchev–Trinajstić information content (AvgIpc) is 2.98. The highest BCUT2D eigenvalue weighted by Gasteiger charge is 2.28. The maximum Gasteiger partial charge on any atom is 0.287 e. The molecule has 1 aliphatic heterocycles. The van der Waals surface area contributed by atoms with E-state index in [1.54, 1.807) is 24.3 Å². The van der Waals surface area contributed by atoms with Gasteiger partial charge in [-0.1, -0.05) is 11.6 Å². The third kappa shape index (κ3) is 3.22. The monoisotopic (exact) mass is 327 g/mol. The zero-order chi connectivity index (χ0) is 15.0. The highest BCUT2D eigenvalue weighted by molar-refractivity contribution is 7.91. The second-order valence-corrected chi connectivity index (χ2v) is 7.94. The maximum absolute atomic E-state index is 12.0. The minimum Gasteiger partial charge on any atom is -0.451 e. The van der Waals surface area contributed by atoms with Crippen LogP contribution in [0.1, 0.15) is 17.0 Å². The number of benzene rings is 1. The summed E-state index contributed by atoms with van der Waals surface area (Å²) in [5.41, 5.74) is 0.591. The molecule has 0 saturated carbocycles. The Balaban J connectivity index is 1.67. The van der Waals surface area contributed by atoms with Gasteiger partial charge in [-0.3, -0.25) is 4.79 Å². The Morgan fingerprint density at radius 1 is 1.38 bits per heavy atom. The molecule has 2 aromatic rings. The number of furan rings is 1. The molecular weight excluding hydrogens is 314 g/mol. The van der Waals surface area contributed by atoms with Crippen molar-refractivity contribution in [2.45, 2.75) is 6.42 Å². The highest BCUT2D eigenvalue weighted by atomic mass is 35.5. The van der Waals surface area contributed by atoms with Crippen LogP contribution in [0, 0.1) is 5.92 Å². The van der Waals surface area contributed by atoms with Crippen molar-refractivity contribution in [1.29, 1.82) is 0 Å². The van der Waals surface area contributed by atoms with E-state index < -0.39 is 9.84 Å². The largest absolute Gasteiger partial charge is 0.451 e. The Bertz CT molecular complexity index is 796. The fourth-order valence-corrected chi connectivity index (χ4v) is 4.53. The fourth-order valence-electron chi connectivity index (χ4n) is 2.48. The zero-order valence-electron chi connectivity index (χ0n) is 11.1. The van der Waals surface area contributed by atoms with Crippen molar-refractivity contribution in [3.8, 4) is 0 Å². The lowest BCUT2D eigenvalue weighted by Crippen LogP contribution is -2.29. The van der Waals surface area contributed by atoms with Gasteiger partial charge >= 0.3 is 0 Å². The first kappa shape index (κ1) is 14.4. The van der Waals surface area contributed by atoms with Crippen molar-refractivity contribution in [2.75, 3.05) is 18.1 Å². The first-order chi connectivity index (χ1) is 9.93. The summed E-state index contributed by atoms with van der Waals surface area (Å²) in [4.78, 5) is 12.0. The van der Waals surface area contributed by atoms with Crippen LogP contribution >= 0.6 is 11.6 Å². The summed E-state index contributed by atoms with van der Waals surface area (Å²) in [5, 5.41) is 4.06. The Hall–Kier alpha value is -1.53. The lowest BCUT2D eigenvalue weighted by molar-refractivity contribution is 0.0923. The molecule has 1 fully saturated rings. The summed E-state index contributed by atoms with van der Waals surface area (Å²) >= 11 is 5.88.